The van der Waals surface area contributed by atoms with E-state index < -0.39 is 0 Å². The molecule has 1 amide bonds. The van der Waals surface area contributed by atoms with Gasteiger partial charge in [0, 0.05) is 23.8 Å². The monoisotopic (exact) mass is 315 g/mol. The van der Waals surface area contributed by atoms with E-state index in [4.69, 9.17) is 0 Å². The lowest BCUT2D eigenvalue weighted by molar-refractivity contribution is -0.117. The van der Waals surface area contributed by atoms with Crippen LogP contribution < -0.4 is 5.32 Å². The standard InChI is InChI=1S/C17H21N3OS/c1-20(12-9-14-7-10-18-11-8-14)13-17(21)19-15-5-3-4-6-16(15)22-2/h3-8,10-11H,9,12-13H2,1-2H3,(H,19,21). The van der Waals surface area contributed by atoms with E-state index in [1.165, 1.54) is 5.56 Å². The first-order chi connectivity index (χ1) is 10.7. The lowest BCUT2D eigenvalue weighted by atomic mass is 10.2. The van der Waals surface area contributed by atoms with Crippen molar-refractivity contribution in [1.82, 2.24) is 9.88 Å². The maximum atomic E-state index is 12.1. The minimum Gasteiger partial charge on any atom is -0.324 e. The van der Waals surface area contributed by atoms with Crippen LogP contribution in [0.1, 0.15) is 5.56 Å². The fourth-order valence-corrected chi connectivity index (χ4v) is 2.68. The Morgan fingerprint density at radius 1 is 1.23 bits per heavy atom. The van der Waals surface area contributed by atoms with Crippen molar-refractivity contribution in [2.24, 2.45) is 0 Å². The third-order valence-corrected chi connectivity index (χ3v) is 4.12. The predicted molar refractivity (Wildman–Crippen MR) is 92.3 cm³/mol. The van der Waals surface area contributed by atoms with Gasteiger partial charge in [0.1, 0.15) is 0 Å². The smallest absolute Gasteiger partial charge is 0.238 e. The van der Waals surface area contributed by atoms with Crippen LogP contribution in [0.2, 0.25) is 0 Å². The van der Waals surface area contributed by atoms with Crippen molar-refractivity contribution in [3.8, 4) is 0 Å². The summed E-state index contributed by atoms with van der Waals surface area (Å²) in [5.74, 6) is 0.0127. The first-order valence-electron chi connectivity index (χ1n) is 7.19. The Balaban J connectivity index is 1.81. The van der Waals surface area contributed by atoms with E-state index in [0.717, 1.165) is 23.5 Å². The third kappa shape index (κ3) is 5.16. The summed E-state index contributed by atoms with van der Waals surface area (Å²) in [5.41, 5.74) is 2.11. The molecule has 5 heteroatoms. The average Bonchev–Trinajstić information content (AvgIpc) is 2.54. The number of carbonyl (C=O) groups is 1. The zero-order valence-corrected chi connectivity index (χ0v) is 13.8. The largest absolute Gasteiger partial charge is 0.324 e. The molecule has 0 radical (unpaired) electrons. The molecule has 0 atom stereocenters. The minimum atomic E-state index is 0.0127. The highest BCUT2D eigenvalue weighted by Gasteiger charge is 2.09. The van der Waals surface area contributed by atoms with E-state index in [0.29, 0.717) is 6.54 Å². The minimum absolute atomic E-state index is 0.0127. The molecule has 22 heavy (non-hydrogen) atoms. The summed E-state index contributed by atoms with van der Waals surface area (Å²) in [5, 5.41) is 2.98. The predicted octanol–water partition coefficient (Wildman–Crippen LogP) is 2.92. The van der Waals surface area contributed by atoms with Crippen molar-refractivity contribution < 1.29 is 4.79 Å². The highest BCUT2D eigenvalue weighted by molar-refractivity contribution is 7.98. The topological polar surface area (TPSA) is 45.2 Å². The van der Waals surface area contributed by atoms with Gasteiger partial charge >= 0.3 is 0 Å². The molecule has 116 valence electrons. The van der Waals surface area contributed by atoms with Crippen LogP contribution in [0.5, 0.6) is 0 Å². The number of rotatable bonds is 7. The molecule has 1 aromatic heterocycles. The Bertz CT molecular complexity index is 604. The number of anilines is 1. The lowest BCUT2D eigenvalue weighted by Gasteiger charge is -2.17. The van der Waals surface area contributed by atoms with E-state index in [2.05, 4.69) is 10.3 Å². The molecule has 0 fully saturated rings. The van der Waals surface area contributed by atoms with Crippen molar-refractivity contribution in [2.45, 2.75) is 11.3 Å². The zero-order valence-electron chi connectivity index (χ0n) is 13.0. The molecule has 1 N–H and O–H groups in total. The van der Waals surface area contributed by atoms with Gasteiger partial charge in [-0.1, -0.05) is 12.1 Å². The maximum absolute atomic E-state index is 12.1. The Kier molecular flexibility index (Phi) is 6.43. The van der Waals surface area contributed by atoms with Crippen LogP contribution in [-0.4, -0.2) is 42.2 Å². The molecule has 0 spiro atoms. The molecule has 0 bridgehead atoms. The zero-order chi connectivity index (χ0) is 15.8. The second-order valence-electron chi connectivity index (χ2n) is 5.09. The SMILES string of the molecule is CSc1ccccc1NC(=O)CN(C)CCc1ccncc1. The van der Waals surface area contributed by atoms with Crippen LogP contribution in [0.3, 0.4) is 0 Å². The van der Waals surface area contributed by atoms with E-state index in [-0.39, 0.29) is 5.91 Å². The molecule has 1 aromatic carbocycles. The molecule has 0 unspecified atom stereocenters. The van der Waals surface area contributed by atoms with Gasteiger partial charge in [-0.2, -0.15) is 0 Å². The summed E-state index contributed by atoms with van der Waals surface area (Å²) >= 11 is 1.63. The van der Waals surface area contributed by atoms with Gasteiger partial charge in [0.15, 0.2) is 0 Å². The second kappa shape index (κ2) is 8.56. The van der Waals surface area contributed by atoms with E-state index in [9.17, 15) is 4.79 Å². The number of nitrogens with zero attached hydrogens (tertiary/aromatic N) is 2. The molecule has 2 aromatic rings. The fourth-order valence-electron chi connectivity index (χ4n) is 2.13. The number of pyridine rings is 1. The fraction of sp³-hybridized carbons (Fsp3) is 0.294. The molecule has 0 aliphatic carbocycles. The van der Waals surface area contributed by atoms with Gasteiger partial charge in [-0.3, -0.25) is 14.7 Å². The van der Waals surface area contributed by atoms with Crippen LogP contribution in [0.25, 0.3) is 0 Å². The van der Waals surface area contributed by atoms with E-state index in [1.54, 1.807) is 24.2 Å². The summed E-state index contributed by atoms with van der Waals surface area (Å²) < 4.78 is 0. The Morgan fingerprint density at radius 3 is 2.68 bits per heavy atom. The Hall–Kier alpha value is -1.85. The molecule has 0 aliphatic heterocycles. The van der Waals surface area contributed by atoms with Crippen LogP contribution in [0.4, 0.5) is 5.69 Å². The third-order valence-electron chi connectivity index (χ3n) is 3.33. The van der Waals surface area contributed by atoms with Crippen LogP contribution >= 0.6 is 11.8 Å². The first-order valence-corrected chi connectivity index (χ1v) is 8.42. The highest BCUT2D eigenvalue weighted by atomic mass is 32.2. The van der Waals surface area contributed by atoms with E-state index in [1.807, 2.05) is 54.6 Å². The molecule has 0 saturated carbocycles. The van der Waals surface area contributed by atoms with Crippen molar-refractivity contribution in [1.29, 1.82) is 0 Å². The normalized spacial score (nSPS) is 10.7. The molecule has 0 saturated heterocycles. The molecular weight excluding hydrogens is 294 g/mol. The molecular formula is C17H21N3OS. The number of para-hydroxylation sites is 1. The van der Waals surface area contributed by atoms with Gasteiger partial charge in [-0.05, 0) is 49.6 Å². The second-order valence-corrected chi connectivity index (χ2v) is 5.94. The summed E-state index contributed by atoms with van der Waals surface area (Å²) in [6.45, 7) is 1.22. The Labute approximate surface area is 135 Å². The van der Waals surface area contributed by atoms with Gasteiger partial charge in [0.25, 0.3) is 0 Å². The first kappa shape index (κ1) is 16.5. The van der Waals surface area contributed by atoms with Gasteiger partial charge in [0.2, 0.25) is 5.91 Å². The number of hydrogen-bond donors (Lipinski definition) is 1. The number of nitrogens with one attached hydrogen (secondary N) is 1. The van der Waals surface area contributed by atoms with Crippen molar-refractivity contribution >= 4 is 23.4 Å². The van der Waals surface area contributed by atoms with Crippen LogP contribution in [0.15, 0.2) is 53.7 Å². The molecule has 0 aliphatic rings. The molecule has 1 heterocycles. The summed E-state index contributed by atoms with van der Waals surface area (Å²) in [6, 6.07) is 11.9. The average molecular weight is 315 g/mol. The number of carbonyl (C=O) groups excluding carboxylic acids is 1. The van der Waals surface area contributed by atoms with Gasteiger partial charge in [-0.15, -0.1) is 11.8 Å². The highest BCUT2D eigenvalue weighted by Crippen LogP contribution is 2.24. The summed E-state index contributed by atoms with van der Waals surface area (Å²) in [7, 11) is 1.96. The number of aromatic nitrogens is 1. The quantitative estimate of drug-likeness (QED) is 0.798. The number of thioether (sulfide) groups is 1. The van der Waals surface area contributed by atoms with Gasteiger partial charge < -0.3 is 5.32 Å². The van der Waals surface area contributed by atoms with Gasteiger partial charge in [0.05, 0.1) is 12.2 Å². The number of hydrogen-bond acceptors (Lipinski definition) is 4. The van der Waals surface area contributed by atoms with Gasteiger partial charge in [-0.25, -0.2) is 0 Å². The molecule has 2 rings (SSSR count). The van der Waals surface area contributed by atoms with Crippen molar-refractivity contribution in [3.05, 3.63) is 54.4 Å². The van der Waals surface area contributed by atoms with Crippen LogP contribution in [0, 0.1) is 0 Å². The summed E-state index contributed by atoms with van der Waals surface area (Å²) in [4.78, 5) is 19.2. The van der Waals surface area contributed by atoms with E-state index >= 15 is 0 Å². The summed E-state index contributed by atoms with van der Waals surface area (Å²) in [6.07, 6.45) is 6.50. The number of amides is 1. The molecule has 4 nitrogen and oxygen atoms in total. The Morgan fingerprint density at radius 2 is 1.95 bits per heavy atom. The maximum Gasteiger partial charge on any atom is 0.238 e. The lowest BCUT2D eigenvalue weighted by Crippen LogP contribution is -2.31. The van der Waals surface area contributed by atoms with Crippen molar-refractivity contribution in [3.63, 3.8) is 0 Å². The number of likely N-dealkylation sites (N-methyl/N-ethyl adjacent to an activating group) is 1. The number of benzene rings is 1. The van der Waals surface area contributed by atoms with Crippen molar-refractivity contribution in [2.75, 3.05) is 31.7 Å². The van der Waals surface area contributed by atoms with Crippen LogP contribution in [-0.2, 0) is 11.2 Å².